The zero-order valence-electron chi connectivity index (χ0n) is 19.8. The Morgan fingerprint density at radius 2 is 1.33 bits per heavy atom. The number of hydrogen-bond acceptors (Lipinski definition) is 2. The molecule has 0 saturated carbocycles. The third-order valence-electron chi connectivity index (χ3n) is 5.38. The summed E-state index contributed by atoms with van der Waals surface area (Å²) in [5.41, 5.74) is 6.16. The molecule has 0 unspecified atom stereocenters. The van der Waals surface area contributed by atoms with E-state index in [9.17, 15) is 10.2 Å². The molecule has 164 valence electrons. The molecule has 2 nitrogen and oxygen atoms in total. The second kappa shape index (κ2) is 13.0. The van der Waals surface area contributed by atoms with E-state index in [1.165, 1.54) is 22.3 Å². The number of hydrogen-bond donors (Lipinski definition) is 2. The minimum absolute atomic E-state index is 0.113. The van der Waals surface area contributed by atoms with E-state index in [0.717, 1.165) is 38.5 Å². The third kappa shape index (κ3) is 9.35. The molecule has 30 heavy (non-hydrogen) atoms. The van der Waals surface area contributed by atoms with Crippen LogP contribution in [0.25, 0.3) is 12.7 Å². The van der Waals surface area contributed by atoms with Gasteiger partial charge in [0.15, 0.2) is 0 Å². The number of aromatic hydroxyl groups is 2. The third-order valence-corrected chi connectivity index (χ3v) is 5.38. The molecular weight excluding hydrogens is 368 g/mol. The van der Waals surface area contributed by atoms with Gasteiger partial charge in [0.1, 0.15) is 11.5 Å². The zero-order valence-corrected chi connectivity index (χ0v) is 19.8. The van der Waals surface area contributed by atoms with Crippen molar-refractivity contribution in [2.75, 3.05) is 0 Å². The Hall–Kier alpha value is -2.48. The highest BCUT2D eigenvalue weighted by molar-refractivity contribution is 5.50. The second-order valence-corrected chi connectivity index (χ2v) is 8.62. The molecule has 0 spiro atoms. The van der Waals surface area contributed by atoms with Crippen LogP contribution in [0.15, 0.2) is 52.7 Å². The van der Waals surface area contributed by atoms with Gasteiger partial charge in [-0.2, -0.15) is 0 Å². The van der Waals surface area contributed by atoms with Crippen molar-refractivity contribution in [1.29, 1.82) is 0 Å². The van der Waals surface area contributed by atoms with Crippen molar-refractivity contribution >= 4 is 12.7 Å². The summed E-state index contributed by atoms with van der Waals surface area (Å²) >= 11 is 0. The van der Waals surface area contributed by atoms with Gasteiger partial charge in [0, 0.05) is 16.0 Å². The number of rotatable bonds is 10. The molecule has 0 bridgehead atoms. The summed E-state index contributed by atoms with van der Waals surface area (Å²) in [6.45, 7) is 16.4. The first kappa shape index (κ1) is 25.6. The Labute approximate surface area is 183 Å². The van der Waals surface area contributed by atoms with Crippen LogP contribution >= 0.6 is 0 Å². The number of phenols is 2. The van der Waals surface area contributed by atoms with Gasteiger partial charge >= 0.3 is 0 Å². The predicted octanol–water partition coefficient (Wildman–Crippen LogP) is 6.74. The Bertz CT molecular complexity index is 936. The lowest BCUT2D eigenvalue weighted by atomic mass is 10.0. The Balaban J connectivity index is 2.55. The highest BCUT2D eigenvalue weighted by Crippen LogP contribution is 2.14. The molecule has 0 aromatic heterocycles. The van der Waals surface area contributed by atoms with E-state index in [2.05, 4.69) is 59.4 Å². The lowest BCUT2D eigenvalue weighted by molar-refractivity contribution is 0.449. The summed E-state index contributed by atoms with van der Waals surface area (Å²) in [5, 5.41) is 21.2. The van der Waals surface area contributed by atoms with Crippen LogP contribution in [-0.4, -0.2) is 10.2 Å². The second-order valence-electron chi connectivity index (χ2n) is 8.62. The van der Waals surface area contributed by atoms with Gasteiger partial charge in [-0.25, -0.2) is 0 Å². The van der Waals surface area contributed by atoms with E-state index in [1.54, 1.807) is 13.0 Å². The van der Waals surface area contributed by atoms with Crippen LogP contribution in [0.5, 0.6) is 11.5 Å². The standard InChI is InChI=1S/C28H40O2/c1-20(2)11-8-12-21(3)13-9-14-22(4)15-10-16-23(5)17-18-26-19-27(29)24(6)25(7)28(26)30/h11,13,15,17-19,29-30H,6,8-10,12,14,16H2,1-5,7H3. The molecule has 1 aromatic carbocycles. The molecule has 0 aliphatic rings. The van der Waals surface area contributed by atoms with Crippen molar-refractivity contribution in [3.8, 4) is 11.5 Å². The molecule has 0 aliphatic heterocycles. The molecular formula is C28H40O2. The van der Waals surface area contributed by atoms with E-state index >= 15 is 0 Å². The topological polar surface area (TPSA) is 40.5 Å². The van der Waals surface area contributed by atoms with Crippen molar-refractivity contribution < 1.29 is 10.2 Å². The van der Waals surface area contributed by atoms with E-state index in [-0.39, 0.29) is 11.5 Å². The van der Waals surface area contributed by atoms with Gasteiger partial charge < -0.3 is 10.2 Å². The van der Waals surface area contributed by atoms with Crippen LogP contribution < -0.4 is 10.4 Å². The maximum absolute atomic E-state index is 10.2. The summed E-state index contributed by atoms with van der Waals surface area (Å²) in [6.07, 6.45) is 17.4. The van der Waals surface area contributed by atoms with Crippen LogP contribution in [0, 0.1) is 6.92 Å². The van der Waals surface area contributed by atoms with Crippen LogP contribution in [0.4, 0.5) is 0 Å². The molecule has 0 fully saturated rings. The number of phenolic OH excluding ortho intramolecular Hbond substituents is 2. The average molecular weight is 409 g/mol. The smallest absolute Gasteiger partial charge is 0.126 e. The Morgan fingerprint density at radius 3 is 1.87 bits per heavy atom. The van der Waals surface area contributed by atoms with Crippen LogP contribution in [0.1, 0.15) is 78.7 Å². The fraction of sp³-hybridized carbons (Fsp3) is 0.429. The Morgan fingerprint density at radius 1 is 0.833 bits per heavy atom. The van der Waals surface area contributed by atoms with Gasteiger partial charge in [0.2, 0.25) is 0 Å². The van der Waals surface area contributed by atoms with E-state index in [0.29, 0.717) is 16.0 Å². The van der Waals surface area contributed by atoms with E-state index in [4.69, 9.17) is 0 Å². The minimum atomic E-state index is 0.113. The maximum atomic E-state index is 10.2. The van der Waals surface area contributed by atoms with Crippen molar-refractivity contribution in [3.63, 3.8) is 0 Å². The van der Waals surface area contributed by atoms with Crippen LogP contribution in [0.2, 0.25) is 0 Å². The summed E-state index contributed by atoms with van der Waals surface area (Å²) < 4.78 is 0. The van der Waals surface area contributed by atoms with Gasteiger partial charge in [0.05, 0.1) is 0 Å². The Kier molecular flexibility index (Phi) is 11.0. The lowest BCUT2D eigenvalue weighted by Gasteiger charge is -2.03. The zero-order chi connectivity index (χ0) is 22.7. The van der Waals surface area contributed by atoms with E-state index < -0.39 is 0 Å². The average Bonchev–Trinajstić information content (AvgIpc) is 2.67. The lowest BCUT2D eigenvalue weighted by Crippen LogP contribution is -2.12. The normalized spacial score (nSPS) is 13.7. The fourth-order valence-electron chi connectivity index (χ4n) is 3.18. The molecule has 0 amide bonds. The summed E-state index contributed by atoms with van der Waals surface area (Å²) in [7, 11) is 0. The SMILES string of the molecule is C=c1c(O)cc(=CC=C(C)CCC=C(C)CCC=C(C)CCC=C(C)C)c(O)c1C. The molecule has 0 radical (unpaired) electrons. The van der Waals surface area contributed by atoms with E-state index in [1.807, 2.05) is 12.2 Å². The summed E-state index contributed by atoms with van der Waals surface area (Å²) in [4.78, 5) is 0. The van der Waals surface area contributed by atoms with Gasteiger partial charge in [-0.3, -0.25) is 0 Å². The highest BCUT2D eigenvalue weighted by Gasteiger charge is 2.02. The van der Waals surface area contributed by atoms with Crippen molar-refractivity contribution in [1.82, 2.24) is 0 Å². The molecule has 0 saturated heterocycles. The quantitative estimate of drug-likeness (QED) is 0.332. The predicted molar refractivity (Wildman–Crippen MR) is 132 cm³/mol. The van der Waals surface area contributed by atoms with Crippen LogP contribution in [0.3, 0.4) is 0 Å². The highest BCUT2D eigenvalue weighted by atomic mass is 16.3. The molecule has 0 atom stereocenters. The largest absolute Gasteiger partial charge is 0.507 e. The number of benzene rings is 1. The molecule has 0 heterocycles. The minimum Gasteiger partial charge on any atom is -0.507 e. The molecule has 2 heteroatoms. The van der Waals surface area contributed by atoms with Gasteiger partial charge in [-0.15, -0.1) is 0 Å². The van der Waals surface area contributed by atoms with Crippen LogP contribution in [-0.2, 0) is 0 Å². The monoisotopic (exact) mass is 408 g/mol. The van der Waals surface area contributed by atoms with Gasteiger partial charge in [0.25, 0.3) is 0 Å². The van der Waals surface area contributed by atoms with Crippen molar-refractivity contribution in [2.45, 2.75) is 80.1 Å². The van der Waals surface area contributed by atoms with Gasteiger partial charge in [-0.1, -0.05) is 59.3 Å². The van der Waals surface area contributed by atoms with Crippen molar-refractivity contribution in [3.05, 3.63) is 68.7 Å². The molecule has 1 aromatic rings. The fourth-order valence-corrected chi connectivity index (χ4v) is 3.18. The van der Waals surface area contributed by atoms with Crippen molar-refractivity contribution in [2.24, 2.45) is 0 Å². The first-order chi connectivity index (χ1) is 14.1. The number of allylic oxidation sites excluding steroid dienone is 8. The maximum Gasteiger partial charge on any atom is 0.126 e. The first-order valence-electron chi connectivity index (χ1n) is 10.9. The molecule has 0 aliphatic carbocycles. The summed E-state index contributed by atoms with van der Waals surface area (Å²) in [6, 6.07) is 1.56. The first-order valence-corrected chi connectivity index (χ1v) is 10.9. The molecule has 1 rings (SSSR count). The summed E-state index contributed by atoms with van der Waals surface area (Å²) in [5.74, 6) is 0.296. The van der Waals surface area contributed by atoms with Gasteiger partial charge in [-0.05, 0) is 86.1 Å². The molecule has 2 N–H and O–H groups in total.